The monoisotopic (exact) mass is 354 g/mol. The molecule has 134 valence electrons. The number of benzene rings is 1. The van der Waals surface area contributed by atoms with Crippen molar-refractivity contribution in [2.75, 3.05) is 25.5 Å². The maximum absolute atomic E-state index is 12.9. The second kappa shape index (κ2) is 8.48. The Labute approximate surface area is 144 Å². The average molecular weight is 354 g/mol. The van der Waals surface area contributed by atoms with Gasteiger partial charge in [-0.2, -0.15) is 4.31 Å². The van der Waals surface area contributed by atoms with Crippen LogP contribution in [0.2, 0.25) is 0 Å². The highest BCUT2D eigenvalue weighted by Crippen LogP contribution is 2.31. The number of rotatable bonds is 7. The molecule has 0 bridgehead atoms. The van der Waals surface area contributed by atoms with Crippen LogP contribution in [0.1, 0.15) is 45.4 Å². The number of nitrogens with one attached hydrogen (secondary N) is 1. The fraction of sp³-hybridized carbons (Fsp3) is 0.588. The Morgan fingerprint density at radius 3 is 2.58 bits per heavy atom. The number of carbonyl (C=O) groups excluding carboxylic acids is 1. The molecule has 0 aromatic heterocycles. The molecule has 7 heteroatoms. The molecule has 1 aromatic carbocycles. The van der Waals surface area contributed by atoms with Crippen molar-refractivity contribution in [2.45, 2.75) is 50.3 Å². The highest BCUT2D eigenvalue weighted by Gasteiger charge is 2.29. The van der Waals surface area contributed by atoms with Gasteiger partial charge in [0, 0.05) is 25.2 Å². The van der Waals surface area contributed by atoms with Gasteiger partial charge in [-0.25, -0.2) is 8.42 Å². The zero-order valence-corrected chi connectivity index (χ0v) is 15.2. The molecular formula is C17H26N2O4S. The molecule has 0 atom stereocenters. The van der Waals surface area contributed by atoms with Gasteiger partial charge in [0.25, 0.3) is 0 Å². The molecule has 0 aliphatic carbocycles. The summed E-state index contributed by atoms with van der Waals surface area (Å²) >= 11 is 0. The maximum Gasteiger partial charge on any atom is 0.246 e. The van der Waals surface area contributed by atoms with E-state index in [1.54, 1.807) is 12.1 Å². The molecule has 6 nitrogen and oxygen atoms in total. The minimum Gasteiger partial charge on any atom is -0.495 e. The van der Waals surface area contributed by atoms with Crippen molar-refractivity contribution in [3.05, 3.63) is 18.2 Å². The number of carbonyl (C=O) groups is 1. The van der Waals surface area contributed by atoms with E-state index in [9.17, 15) is 13.2 Å². The van der Waals surface area contributed by atoms with E-state index in [0.717, 1.165) is 32.1 Å². The van der Waals surface area contributed by atoms with Crippen molar-refractivity contribution < 1.29 is 17.9 Å². The van der Waals surface area contributed by atoms with Crippen LogP contribution in [-0.2, 0) is 14.8 Å². The molecule has 24 heavy (non-hydrogen) atoms. The summed E-state index contributed by atoms with van der Waals surface area (Å²) in [7, 11) is -2.17. The predicted octanol–water partition coefficient (Wildman–Crippen LogP) is 3.00. The highest BCUT2D eigenvalue weighted by molar-refractivity contribution is 7.89. The zero-order valence-electron chi connectivity index (χ0n) is 14.4. The van der Waals surface area contributed by atoms with Gasteiger partial charge < -0.3 is 10.1 Å². The van der Waals surface area contributed by atoms with E-state index in [2.05, 4.69) is 5.32 Å². The summed E-state index contributed by atoms with van der Waals surface area (Å²) in [5, 5.41) is 2.77. The van der Waals surface area contributed by atoms with Crippen LogP contribution in [0.15, 0.2) is 23.1 Å². The lowest BCUT2D eigenvalue weighted by atomic mass is 10.2. The Kier molecular flexibility index (Phi) is 6.62. The molecule has 1 aliphatic heterocycles. The summed E-state index contributed by atoms with van der Waals surface area (Å²) in [5.41, 5.74) is 0.479. The SMILES string of the molecule is CCCCC(=O)Nc1ccc(OC)c(S(=O)(=O)N2CCCCC2)c1. The molecular weight excluding hydrogens is 328 g/mol. The average Bonchev–Trinajstić information content (AvgIpc) is 2.60. The third-order valence-electron chi connectivity index (χ3n) is 4.14. The number of piperidine rings is 1. The van der Waals surface area contributed by atoms with E-state index in [1.165, 1.54) is 17.5 Å². The summed E-state index contributed by atoms with van der Waals surface area (Å²) < 4.78 is 32.5. The van der Waals surface area contributed by atoms with E-state index in [0.29, 0.717) is 30.9 Å². The van der Waals surface area contributed by atoms with Gasteiger partial charge in [0.1, 0.15) is 10.6 Å². The Morgan fingerprint density at radius 2 is 1.96 bits per heavy atom. The number of methoxy groups -OCH3 is 1. The smallest absolute Gasteiger partial charge is 0.246 e. The van der Waals surface area contributed by atoms with Crippen LogP contribution in [0.3, 0.4) is 0 Å². The number of anilines is 1. The van der Waals surface area contributed by atoms with Crippen LogP contribution in [0.25, 0.3) is 0 Å². The van der Waals surface area contributed by atoms with Gasteiger partial charge in [-0.1, -0.05) is 19.8 Å². The lowest BCUT2D eigenvalue weighted by Crippen LogP contribution is -2.35. The fourth-order valence-corrected chi connectivity index (χ4v) is 4.46. The number of hydrogen-bond acceptors (Lipinski definition) is 4. The first-order valence-electron chi connectivity index (χ1n) is 8.47. The normalized spacial score (nSPS) is 15.9. The predicted molar refractivity (Wildman–Crippen MR) is 93.8 cm³/mol. The molecule has 0 radical (unpaired) electrons. The lowest BCUT2D eigenvalue weighted by molar-refractivity contribution is -0.116. The van der Waals surface area contributed by atoms with Crippen LogP contribution in [0, 0.1) is 0 Å². The molecule has 1 amide bonds. The van der Waals surface area contributed by atoms with Crippen molar-refractivity contribution in [1.29, 1.82) is 0 Å². The highest BCUT2D eigenvalue weighted by atomic mass is 32.2. The van der Waals surface area contributed by atoms with Crippen LogP contribution in [0.5, 0.6) is 5.75 Å². The topological polar surface area (TPSA) is 75.7 Å². The van der Waals surface area contributed by atoms with E-state index in [4.69, 9.17) is 4.74 Å². The minimum atomic E-state index is -3.62. The fourth-order valence-electron chi connectivity index (χ4n) is 2.76. The van der Waals surface area contributed by atoms with Crippen molar-refractivity contribution in [3.63, 3.8) is 0 Å². The molecule has 1 N–H and O–H groups in total. The summed E-state index contributed by atoms with van der Waals surface area (Å²) in [5.74, 6) is 0.190. The van der Waals surface area contributed by atoms with Gasteiger partial charge in [-0.05, 0) is 37.5 Å². The summed E-state index contributed by atoms with van der Waals surface area (Å²) in [6, 6.07) is 4.75. The molecule has 0 saturated carbocycles. The summed E-state index contributed by atoms with van der Waals surface area (Å²) in [6.45, 7) is 3.07. The summed E-state index contributed by atoms with van der Waals surface area (Å²) in [4.78, 5) is 12.0. The van der Waals surface area contributed by atoms with E-state index in [-0.39, 0.29) is 10.8 Å². The third kappa shape index (κ3) is 4.48. The van der Waals surface area contributed by atoms with E-state index >= 15 is 0 Å². The third-order valence-corrected chi connectivity index (χ3v) is 6.06. The molecule has 0 spiro atoms. The minimum absolute atomic E-state index is 0.108. The van der Waals surface area contributed by atoms with Gasteiger partial charge in [0.05, 0.1) is 7.11 Å². The van der Waals surface area contributed by atoms with Crippen LogP contribution in [-0.4, -0.2) is 38.8 Å². The number of amides is 1. The standard InChI is InChI=1S/C17H26N2O4S/c1-3-4-8-17(20)18-14-9-10-15(23-2)16(13-14)24(21,22)19-11-6-5-7-12-19/h9-10,13H,3-8,11-12H2,1-2H3,(H,18,20). The molecule has 0 unspecified atom stereocenters. The first-order chi connectivity index (χ1) is 11.5. The molecule has 1 heterocycles. The van der Waals surface area contributed by atoms with Crippen molar-refractivity contribution in [1.82, 2.24) is 4.31 Å². The van der Waals surface area contributed by atoms with Crippen LogP contribution in [0.4, 0.5) is 5.69 Å². The number of unbranched alkanes of at least 4 members (excludes halogenated alkanes) is 1. The number of nitrogens with zero attached hydrogens (tertiary/aromatic N) is 1. The Morgan fingerprint density at radius 1 is 1.25 bits per heavy atom. The second-order valence-corrected chi connectivity index (χ2v) is 7.89. The zero-order chi connectivity index (χ0) is 17.6. The first kappa shape index (κ1) is 18.7. The van der Waals surface area contributed by atoms with E-state index < -0.39 is 10.0 Å². The Bertz CT molecular complexity index is 667. The van der Waals surface area contributed by atoms with Crippen molar-refractivity contribution in [3.8, 4) is 5.75 Å². The number of hydrogen-bond donors (Lipinski definition) is 1. The van der Waals surface area contributed by atoms with Gasteiger partial charge >= 0.3 is 0 Å². The van der Waals surface area contributed by atoms with Crippen LogP contribution < -0.4 is 10.1 Å². The number of ether oxygens (including phenoxy) is 1. The van der Waals surface area contributed by atoms with Gasteiger partial charge in [0.2, 0.25) is 15.9 Å². The second-order valence-electron chi connectivity index (χ2n) is 5.98. The van der Waals surface area contributed by atoms with Gasteiger partial charge in [-0.15, -0.1) is 0 Å². The van der Waals surface area contributed by atoms with Crippen molar-refractivity contribution in [2.24, 2.45) is 0 Å². The van der Waals surface area contributed by atoms with Gasteiger partial charge in [0.15, 0.2) is 0 Å². The summed E-state index contributed by atoms with van der Waals surface area (Å²) in [6.07, 6.45) is 4.96. The largest absolute Gasteiger partial charge is 0.495 e. The molecule has 1 aliphatic rings. The number of sulfonamides is 1. The van der Waals surface area contributed by atoms with Gasteiger partial charge in [-0.3, -0.25) is 4.79 Å². The maximum atomic E-state index is 12.9. The molecule has 1 fully saturated rings. The molecule has 1 saturated heterocycles. The Hall–Kier alpha value is -1.60. The molecule has 1 aromatic rings. The van der Waals surface area contributed by atoms with E-state index in [1.807, 2.05) is 6.92 Å². The lowest BCUT2D eigenvalue weighted by Gasteiger charge is -2.26. The molecule has 2 rings (SSSR count). The Balaban J connectivity index is 2.26. The first-order valence-corrected chi connectivity index (χ1v) is 9.91. The van der Waals surface area contributed by atoms with Crippen LogP contribution >= 0.6 is 0 Å². The van der Waals surface area contributed by atoms with Crippen molar-refractivity contribution >= 4 is 21.6 Å². The quantitative estimate of drug-likeness (QED) is 0.817.